The molecule has 0 unspecified atom stereocenters. The predicted octanol–water partition coefficient (Wildman–Crippen LogP) is 3.06. The largest absolute Gasteiger partial charge is 0.490 e. The molecule has 0 fully saturated rings. The highest BCUT2D eigenvalue weighted by molar-refractivity contribution is 5.96. The van der Waals surface area contributed by atoms with Crippen molar-refractivity contribution < 1.29 is 23.8 Å². The van der Waals surface area contributed by atoms with Gasteiger partial charge in [-0.05, 0) is 36.8 Å². The summed E-state index contributed by atoms with van der Waals surface area (Å²) in [6, 6.07) is 14.3. The van der Waals surface area contributed by atoms with Crippen LogP contribution in [-0.2, 0) is 16.0 Å². The van der Waals surface area contributed by atoms with Crippen LogP contribution in [0.2, 0.25) is 0 Å². The van der Waals surface area contributed by atoms with E-state index in [1.54, 1.807) is 30.3 Å². The minimum Gasteiger partial charge on any atom is -0.490 e. The van der Waals surface area contributed by atoms with Crippen LogP contribution in [-0.4, -0.2) is 32.1 Å². The molecule has 0 heterocycles. The summed E-state index contributed by atoms with van der Waals surface area (Å²) in [5.74, 6) is 0.933. The molecule has 0 spiro atoms. The molecule has 24 heavy (non-hydrogen) atoms. The number of ketones is 1. The molecule has 0 saturated heterocycles. The number of benzene rings is 2. The first-order valence-corrected chi connectivity index (χ1v) is 7.61. The maximum absolute atomic E-state index is 11.5. The molecule has 0 aromatic heterocycles. The fraction of sp³-hybridized carbons (Fsp3) is 0.263. The fourth-order valence-corrected chi connectivity index (χ4v) is 2.14. The number of carbonyl (C=O) groups is 2. The maximum Gasteiger partial charge on any atom is 0.309 e. The summed E-state index contributed by atoms with van der Waals surface area (Å²) in [4.78, 5) is 22.7. The van der Waals surface area contributed by atoms with Crippen LogP contribution >= 0.6 is 0 Å². The summed E-state index contributed by atoms with van der Waals surface area (Å²) < 4.78 is 15.8. The van der Waals surface area contributed by atoms with Crippen molar-refractivity contribution in [2.75, 3.05) is 20.3 Å². The van der Waals surface area contributed by atoms with Crippen molar-refractivity contribution in [1.82, 2.24) is 0 Å². The van der Waals surface area contributed by atoms with Crippen molar-refractivity contribution in [3.8, 4) is 11.5 Å². The smallest absolute Gasteiger partial charge is 0.309 e. The monoisotopic (exact) mass is 328 g/mol. The third-order valence-corrected chi connectivity index (χ3v) is 3.38. The van der Waals surface area contributed by atoms with Crippen molar-refractivity contribution in [2.45, 2.75) is 13.3 Å². The molecule has 126 valence electrons. The number of esters is 1. The molecule has 0 saturated carbocycles. The van der Waals surface area contributed by atoms with Gasteiger partial charge in [0.25, 0.3) is 0 Å². The van der Waals surface area contributed by atoms with Crippen molar-refractivity contribution in [3.05, 3.63) is 59.7 Å². The normalized spacial score (nSPS) is 10.1. The Morgan fingerprint density at radius 3 is 2.25 bits per heavy atom. The lowest BCUT2D eigenvalue weighted by molar-refractivity contribution is -0.139. The molecule has 5 nitrogen and oxygen atoms in total. The van der Waals surface area contributed by atoms with Crippen LogP contribution in [0.15, 0.2) is 48.5 Å². The lowest BCUT2D eigenvalue weighted by atomic mass is 10.1. The van der Waals surface area contributed by atoms with Crippen molar-refractivity contribution in [3.63, 3.8) is 0 Å². The molecule has 0 aliphatic carbocycles. The fourth-order valence-electron chi connectivity index (χ4n) is 2.14. The lowest BCUT2D eigenvalue weighted by Gasteiger charge is -2.11. The van der Waals surface area contributed by atoms with Crippen molar-refractivity contribution >= 4 is 11.8 Å². The number of hydrogen-bond donors (Lipinski definition) is 0. The van der Waals surface area contributed by atoms with Crippen LogP contribution in [0.1, 0.15) is 22.8 Å². The van der Waals surface area contributed by atoms with E-state index in [2.05, 4.69) is 4.74 Å². The van der Waals surface area contributed by atoms with E-state index in [1.807, 2.05) is 18.2 Å². The zero-order chi connectivity index (χ0) is 17.4. The van der Waals surface area contributed by atoms with Gasteiger partial charge in [0.1, 0.15) is 24.7 Å². The van der Waals surface area contributed by atoms with Gasteiger partial charge in [0.05, 0.1) is 19.1 Å². The van der Waals surface area contributed by atoms with Gasteiger partial charge >= 0.3 is 5.97 Å². The Bertz CT molecular complexity index is 691. The number of rotatable bonds is 8. The Morgan fingerprint density at radius 1 is 0.917 bits per heavy atom. The van der Waals surface area contributed by atoms with Crippen LogP contribution < -0.4 is 9.47 Å². The SMILES string of the molecule is COC(=O)Cc1ccc(OCCOc2ccccc2C(C)=O)cc1. The van der Waals surface area contributed by atoms with Crippen LogP contribution in [0.5, 0.6) is 11.5 Å². The standard InChI is InChI=1S/C19H20O5/c1-14(20)17-5-3-4-6-18(17)24-12-11-23-16-9-7-15(8-10-16)13-19(21)22-2/h3-10H,11-13H2,1-2H3. The first kappa shape index (κ1) is 17.5. The zero-order valence-electron chi connectivity index (χ0n) is 13.8. The number of ether oxygens (including phenoxy) is 3. The van der Waals surface area contributed by atoms with E-state index in [4.69, 9.17) is 9.47 Å². The van der Waals surface area contributed by atoms with E-state index < -0.39 is 0 Å². The van der Waals surface area contributed by atoms with Crippen LogP contribution in [0.3, 0.4) is 0 Å². The van der Waals surface area contributed by atoms with E-state index in [9.17, 15) is 9.59 Å². The highest BCUT2D eigenvalue weighted by Gasteiger charge is 2.07. The summed E-state index contributed by atoms with van der Waals surface area (Å²) in [7, 11) is 1.37. The lowest BCUT2D eigenvalue weighted by Crippen LogP contribution is -2.11. The molecule has 2 rings (SSSR count). The molecule has 0 N–H and O–H groups in total. The number of methoxy groups -OCH3 is 1. The first-order chi connectivity index (χ1) is 11.6. The minimum absolute atomic E-state index is 0.0345. The van der Waals surface area contributed by atoms with Gasteiger partial charge in [-0.2, -0.15) is 0 Å². The quantitative estimate of drug-likeness (QED) is 0.423. The molecular formula is C19H20O5. The van der Waals surface area contributed by atoms with Gasteiger partial charge in [0, 0.05) is 0 Å². The predicted molar refractivity (Wildman–Crippen MR) is 89.6 cm³/mol. The Hall–Kier alpha value is -2.82. The molecule has 5 heteroatoms. The Labute approximate surface area is 141 Å². The van der Waals surface area contributed by atoms with Gasteiger partial charge < -0.3 is 14.2 Å². The van der Waals surface area contributed by atoms with E-state index in [1.165, 1.54) is 14.0 Å². The Balaban J connectivity index is 1.80. The van der Waals surface area contributed by atoms with Gasteiger partial charge in [-0.25, -0.2) is 0 Å². The second kappa shape index (κ2) is 8.72. The highest BCUT2D eigenvalue weighted by atomic mass is 16.5. The molecule has 0 aliphatic rings. The van der Waals surface area contributed by atoms with E-state index in [0.29, 0.717) is 30.3 Å². The number of carbonyl (C=O) groups excluding carboxylic acids is 2. The molecule has 0 amide bonds. The summed E-state index contributed by atoms with van der Waals surface area (Å²) in [6.07, 6.45) is 0.238. The summed E-state index contributed by atoms with van der Waals surface area (Å²) in [5, 5.41) is 0. The molecule has 0 radical (unpaired) electrons. The zero-order valence-corrected chi connectivity index (χ0v) is 13.8. The Kier molecular flexibility index (Phi) is 6.37. The first-order valence-electron chi connectivity index (χ1n) is 7.61. The second-order valence-corrected chi connectivity index (χ2v) is 5.15. The second-order valence-electron chi connectivity index (χ2n) is 5.15. The van der Waals surface area contributed by atoms with E-state index >= 15 is 0 Å². The van der Waals surface area contributed by atoms with E-state index in [0.717, 1.165) is 5.56 Å². The summed E-state index contributed by atoms with van der Waals surface area (Å²) in [6.45, 7) is 2.19. The molecule has 0 atom stereocenters. The van der Waals surface area contributed by atoms with Crippen molar-refractivity contribution in [2.24, 2.45) is 0 Å². The number of para-hydroxylation sites is 1. The van der Waals surface area contributed by atoms with Crippen molar-refractivity contribution in [1.29, 1.82) is 0 Å². The Morgan fingerprint density at radius 2 is 1.58 bits per heavy atom. The number of Topliss-reactive ketones (excluding diaryl/α,β-unsaturated/α-hetero) is 1. The molecule has 2 aromatic carbocycles. The van der Waals surface area contributed by atoms with Crippen LogP contribution in [0, 0.1) is 0 Å². The molecule has 0 bridgehead atoms. The van der Waals surface area contributed by atoms with Crippen LogP contribution in [0.4, 0.5) is 0 Å². The highest BCUT2D eigenvalue weighted by Crippen LogP contribution is 2.18. The third kappa shape index (κ3) is 5.12. The molecular weight excluding hydrogens is 308 g/mol. The van der Waals surface area contributed by atoms with Gasteiger partial charge in [-0.3, -0.25) is 9.59 Å². The molecule has 2 aromatic rings. The maximum atomic E-state index is 11.5. The number of hydrogen-bond acceptors (Lipinski definition) is 5. The van der Waals surface area contributed by atoms with Gasteiger partial charge in [-0.1, -0.05) is 24.3 Å². The summed E-state index contributed by atoms with van der Waals surface area (Å²) >= 11 is 0. The third-order valence-electron chi connectivity index (χ3n) is 3.38. The average Bonchev–Trinajstić information content (AvgIpc) is 2.60. The van der Waals surface area contributed by atoms with Gasteiger partial charge in [0.15, 0.2) is 5.78 Å². The van der Waals surface area contributed by atoms with E-state index in [-0.39, 0.29) is 18.2 Å². The summed E-state index contributed by atoms with van der Waals surface area (Å²) in [5.41, 5.74) is 1.42. The average molecular weight is 328 g/mol. The molecule has 0 aliphatic heterocycles. The van der Waals surface area contributed by atoms with Crippen LogP contribution in [0.25, 0.3) is 0 Å². The minimum atomic E-state index is -0.277. The topological polar surface area (TPSA) is 61.8 Å². The van der Waals surface area contributed by atoms with Gasteiger partial charge in [0.2, 0.25) is 0 Å². The van der Waals surface area contributed by atoms with Gasteiger partial charge in [-0.15, -0.1) is 0 Å².